The molecule has 12 nitrogen and oxygen atoms in total. The molecule has 43 heavy (non-hydrogen) atoms. The van der Waals surface area contributed by atoms with Crippen LogP contribution in [0.3, 0.4) is 0 Å². The van der Waals surface area contributed by atoms with Crippen LogP contribution in [-0.4, -0.2) is 78.9 Å². The van der Waals surface area contributed by atoms with Crippen LogP contribution in [0.1, 0.15) is 45.7 Å². The number of amides is 1. The molecule has 2 aromatic heterocycles. The van der Waals surface area contributed by atoms with Gasteiger partial charge in [-0.1, -0.05) is 18.2 Å². The minimum atomic E-state index is -4.74. The highest BCUT2D eigenvalue weighted by Crippen LogP contribution is 2.38. The number of likely N-dealkylation sites (tertiary alicyclic amines) is 1. The molecule has 1 fully saturated rings. The average Bonchev–Trinajstić information content (AvgIpc) is 3.55. The number of sulfone groups is 1. The van der Waals surface area contributed by atoms with Crippen molar-refractivity contribution in [3.05, 3.63) is 64.8 Å². The summed E-state index contributed by atoms with van der Waals surface area (Å²) in [6.45, 7) is 1.62. The number of aromatic nitrogens is 3. The highest BCUT2D eigenvalue weighted by molar-refractivity contribution is 7.92. The van der Waals surface area contributed by atoms with E-state index in [1.54, 1.807) is 49.4 Å². The molecule has 2 N–H and O–H groups in total. The van der Waals surface area contributed by atoms with Crippen LogP contribution >= 0.6 is 11.3 Å². The van der Waals surface area contributed by atoms with Crippen LogP contribution in [0.5, 0.6) is 0 Å². The number of hydrogen-bond donors (Lipinski definition) is 2. The number of carbonyl (C=O) groups excluding carboxylic acids is 1. The lowest BCUT2D eigenvalue weighted by Crippen LogP contribution is -2.61. The van der Waals surface area contributed by atoms with Crippen LogP contribution in [-0.2, 0) is 27.6 Å². The molecule has 18 heteroatoms. The molecule has 0 radical (unpaired) electrons. The molecule has 5 rings (SSSR count). The first-order valence-corrected chi connectivity index (χ1v) is 16.2. The van der Waals surface area contributed by atoms with Crippen LogP contribution in [0.4, 0.5) is 13.2 Å². The molecule has 0 spiro atoms. The number of hydrogen-bond acceptors (Lipinski definition) is 11. The van der Waals surface area contributed by atoms with Gasteiger partial charge in [-0.15, -0.1) is 21.5 Å². The summed E-state index contributed by atoms with van der Waals surface area (Å²) in [5.41, 5.74) is 1.20. The first-order valence-electron chi connectivity index (χ1n) is 12.6. The van der Waals surface area contributed by atoms with Crippen molar-refractivity contribution in [2.24, 2.45) is 0 Å². The summed E-state index contributed by atoms with van der Waals surface area (Å²) in [6, 6.07) is 11.8. The number of halogens is 3. The van der Waals surface area contributed by atoms with E-state index in [0.29, 0.717) is 26.9 Å². The predicted molar refractivity (Wildman–Crippen MR) is 148 cm³/mol. The minimum Gasteiger partial charge on any atom is -0.760 e. The second-order valence-electron chi connectivity index (χ2n) is 10.2. The average molecular weight is 659 g/mol. The summed E-state index contributed by atoms with van der Waals surface area (Å²) in [5.74, 6) is -2.35. The van der Waals surface area contributed by atoms with Gasteiger partial charge in [-0.3, -0.25) is 9.00 Å². The Morgan fingerprint density at radius 2 is 1.95 bits per heavy atom. The molecule has 2 aromatic carbocycles. The lowest BCUT2D eigenvalue weighted by atomic mass is 9.95. The van der Waals surface area contributed by atoms with Gasteiger partial charge < -0.3 is 19.0 Å². The number of β-amino-alcohol motifs (C(OH)–C–C–N with tert-alkyl or cyclic N) is 1. The number of alkyl halides is 3. The highest BCUT2D eigenvalue weighted by atomic mass is 32.2. The van der Waals surface area contributed by atoms with E-state index in [0.717, 1.165) is 11.3 Å². The Kier molecular flexibility index (Phi) is 8.45. The summed E-state index contributed by atoms with van der Waals surface area (Å²) < 4.78 is 94.7. The fourth-order valence-corrected chi connectivity index (χ4v) is 7.84. The normalized spacial score (nSPS) is 16.7. The van der Waals surface area contributed by atoms with E-state index >= 15 is 0 Å². The molecule has 4 aromatic rings. The van der Waals surface area contributed by atoms with Crippen molar-refractivity contribution in [3.63, 3.8) is 0 Å². The maximum absolute atomic E-state index is 13.2. The van der Waals surface area contributed by atoms with Gasteiger partial charge in [0.2, 0.25) is 11.8 Å². The molecular formula is C25H23F3N5O7S3-. The van der Waals surface area contributed by atoms with Gasteiger partial charge in [0.05, 0.1) is 47.6 Å². The van der Waals surface area contributed by atoms with E-state index in [2.05, 4.69) is 15.2 Å². The Morgan fingerprint density at radius 1 is 1.23 bits per heavy atom. The SMILES string of the molecule is CC1(O)CN(C(=O)c2cccc(-c3ccc4nc(C(c5nnc(CNS(=O)[O-])o5)S(=O)(=O)CCC(F)(F)F)sc4c3)c2)C1. The standard InChI is InChI=1S/C25H24F3N5O7S3/c1-24(35)12-33(13-24)23(34)16-4-2-3-14(9-16)15-5-6-17-18(10-15)41-22(30-17)20(43(38,39)8-7-25(26,27)28)21-32-31-19(40-21)11-29-42(36)37/h2-6,9-10,20,29,35H,7-8,11-13H2,1H3,(H,36,37)/p-1. The maximum Gasteiger partial charge on any atom is 0.390 e. The number of aliphatic hydroxyl groups is 1. The van der Waals surface area contributed by atoms with Crippen molar-refractivity contribution in [3.8, 4) is 11.1 Å². The highest BCUT2D eigenvalue weighted by Gasteiger charge is 2.41. The largest absolute Gasteiger partial charge is 0.760 e. The summed E-state index contributed by atoms with van der Waals surface area (Å²) in [6.07, 6.45) is -6.35. The maximum atomic E-state index is 13.2. The topological polar surface area (TPSA) is 179 Å². The zero-order chi connectivity index (χ0) is 31.2. The van der Waals surface area contributed by atoms with Crippen molar-refractivity contribution >= 4 is 48.6 Å². The summed E-state index contributed by atoms with van der Waals surface area (Å²) in [5, 5.41) is 15.3. The molecule has 230 valence electrons. The molecule has 0 saturated carbocycles. The van der Waals surface area contributed by atoms with E-state index in [4.69, 9.17) is 4.42 Å². The van der Waals surface area contributed by atoms with Crippen LogP contribution in [0, 0.1) is 0 Å². The monoisotopic (exact) mass is 658 g/mol. The van der Waals surface area contributed by atoms with E-state index in [1.165, 1.54) is 4.90 Å². The first-order chi connectivity index (χ1) is 20.1. The number of thiazole rings is 1. The second-order valence-corrected chi connectivity index (χ2v) is 14.2. The van der Waals surface area contributed by atoms with Gasteiger partial charge in [0.25, 0.3) is 5.91 Å². The van der Waals surface area contributed by atoms with Gasteiger partial charge in [0.1, 0.15) is 5.01 Å². The molecule has 2 unspecified atom stereocenters. The van der Waals surface area contributed by atoms with Gasteiger partial charge in [0.15, 0.2) is 15.1 Å². The number of fused-ring (bicyclic) bond motifs is 1. The lowest BCUT2D eigenvalue weighted by molar-refractivity contribution is -0.129. The summed E-state index contributed by atoms with van der Waals surface area (Å²) >= 11 is -1.77. The molecule has 3 heterocycles. The number of rotatable bonds is 10. The zero-order valence-corrected chi connectivity index (χ0v) is 24.6. The third-order valence-electron chi connectivity index (χ3n) is 6.50. The molecule has 2 atom stereocenters. The molecule has 1 saturated heterocycles. The van der Waals surface area contributed by atoms with Crippen molar-refractivity contribution in [2.45, 2.75) is 36.9 Å². The molecule has 0 bridgehead atoms. The van der Waals surface area contributed by atoms with E-state index in [-0.39, 0.29) is 29.9 Å². The van der Waals surface area contributed by atoms with Crippen molar-refractivity contribution < 1.29 is 44.7 Å². The van der Waals surface area contributed by atoms with Gasteiger partial charge in [-0.05, 0) is 42.3 Å². The number of nitrogens with one attached hydrogen (secondary N) is 1. The third-order valence-corrected chi connectivity index (χ3v) is 10.0. The fourth-order valence-electron chi connectivity index (χ4n) is 4.52. The Bertz CT molecular complexity index is 1800. The summed E-state index contributed by atoms with van der Waals surface area (Å²) in [7, 11) is -4.59. The van der Waals surface area contributed by atoms with Gasteiger partial charge >= 0.3 is 6.18 Å². The molecule has 1 aliphatic heterocycles. The van der Waals surface area contributed by atoms with Crippen molar-refractivity contribution in [1.82, 2.24) is 24.8 Å². The van der Waals surface area contributed by atoms with Crippen LogP contribution < -0.4 is 4.72 Å². The van der Waals surface area contributed by atoms with E-state index in [1.807, 2.05) is 4.72 Å². The van der Waals surface area contributed by atoms with Crippen molar-refractivity contribution in [2.75, 3.05) is 18.8 Å². The minimum absolute atomic E-state index is 0.112. The fraction of sp³-hybridized carbons (Fsp3) is 0.360. The van der Waals surface area contributed by atoms with Gasteiger partial charge in [-0.25, -0.2) is 18.1 Å². The van der Waals surface area contributed by atoms with Crippen molar-refractivity contribution in [1.29, 1.82) is 0 Å². The Balaban J connectivity index is 1.47. The van der Waals surface area contributed by atoms with Crippen LogP contribution in [0.2, 0.25) is 0 Å². The Hall–Kier alpha value is -3.29. The first kappa shape index (κ1) is 31.1. The molecule has 1 amide bonds. The van der Waals surface area contributed by atoms with E-state index < -0.39 is 62.7 Å². The molecular weight excluding hydrogens is 635 g/mol. The second kappa shape index (κ2) is 11.7. The van der Waals surface area contributed by atoms with Gasteiger partial charge in [-0.2, -0.15) is 13.2 Å². The predicted octanol–water partition coefficient (Wildman–Crippen LogP) is 2.89. The molecule has 1 aliphatic rings. The Morgan fingerprint density at radius 3 is 2.63 bits per heavy atom. The van der Waals surface area contributed by atoms with Gasteiger partial charge in [0, 0.05) is 16.8 Å². The number of carbonyl (C=O) groups is 1. The van der Waals surface area contributed by atoms with Crippen LogP contribution in [0.25, 0.3) is 21.3 Å². The van der Waals surface area contributed by atoms with Crippen LogP contribution in [0.15, 0.2) is 46.9 Å². The third kappa shape index (κ3) is 7.27. The van der Waals surface area contributed by atoms with E-state index in [9.17, 15) is 40.3 Å². The quantitative estimate of drug-likeness (QED) is 0.241. The smallest absolute Gasteiger partial charge is 0.390 e. The Labute approximate surface area is 249 Å². The number of nitrogens with zero attached hydrogens (tertiary/aromatic N) is 4. The zero-order valence-electron chi connectivity index (χ0n) is 22.2. The lowest BCUT2D eigenvalue weighted by Gasteiger charge is -2.44. The molecule has 0 aliphatic carbocycles. The summed E-state index contributed by atoms with van der Waals surface area (Å²) in [4.78, 5) is 18.7. The number of benzene rings is 2.